The van der Waals surface area contributed by atoms with Crippen molar-refractivity contribution in [1.82, 2.24) is 18.8 Å². The van der Waals surface area contributed by atoms with E-state index in [2.05, 4.69) is 13.8 Å². The third-order valence-electron chi connectivity index (χ3n) is 5.91. The van der Waals surface area contributed by atoms with Gasteiger partial charge in [0.15, 0.2) is 5.82 Å². The molecule has 2 aliphatic rings. The molecule has 3 aromatic rings. The Morgan fingerprint density at radius 3 is 2.82 bits per heavy atom. The Morgan fingerprint density at radius 1 is 1.18 bits per heavy atom. The van der Waals surface area contributed by atoms with E-state index >= 15 is 0 Å². The number of likely N-dealkylation sites (tertiary alicyclic amines) is 1. The van der Waals surface area contributed by atoms with Crippen LogP contribution in [0.1, 0.15) is 30.7 Å². The zero-order valence-corrected chi connectivity index (χ0v) is 16.8. The number of fused-ring (bicyclic) bond motifs is 1. The van der Waals surface area contributed by atoms with Crippen molar-refractivity contribution in [3.05, 3.63) is 35.2 Å². The second-order valence-electron chi connectivity index (χ2n) is 7.88. The smallest absolute Gasteiger partial charge is 0.175 e. The molecule has 2 aromatic heterocycles. The molecule has 2 saturated heterocycles. The number of hydrogen-bond acceptors (Lipinski definition) is 5. The van der Waals surface area contributed by atoms with Gasteiger partial charge < -0.3 is 9.30 Å². The van der Waals surface area contributed by atoms with Crippen LogP contribution in [0.25, 0.3) is 22.3 Å². The molecule has 0 N–H and O–H groups in total. The van der Waals surface area contributed by atoms with Gasteiger partial charge in [-0.2, -0.15) is 4.37 Å². The maximum Gasteiger partial charge on any atom is 0.175 e. The van der Waals surface area contributed by atoms with Crippen LogP contribution in [0.2, 0.25) is 0 Å². The highest BCUT2D eigenvalue weighted by molar-refractivity contribution is 7.05. The Morgan fingerprint density at radius 2 is 2.00 bits per heavy atom. The van der Waals surface area contributed by atoms with Crippen LogP contribution in [0.15, 0.2) is 24.4 Å². The minimum atomic E-state index is -0.177. The van der Waals surface area contributed by atoms with Gasteiger partial charge in [-0.25, -0.2) is 9.37 Å². The Hall–Kier alpha value is -1.83. The lowest BCUT2D eigenvalue weighted by molar-refractivity contribution is 0.0616. The van der Waals surface area contributed by atoms with Crippen molar-refractivity contribution in [3.8, 4) is 11.4 Å². The van der Waals surface area contributed by atoms with Gasteiger partial charge in [-0.05, 0) is 62.3 Å². The van der Waals surface area contributed by atoms with Gasteiger partial charge in [-0.3, -0.25) is 4.90 Å². The fourth-order valence-corrected chi connectivity index (χ4v) is 5.10. The quantitative estimate of drug-likeness (QED) is 0.640. The minimum absolute atomic E-state index is 0.177. The lowest BCUT2D eigenvalue weighted by Gasteiger charge is -2.22. The molecule has 1 aromatic carbocycles. The van der Waals surface area contributed by atoms with Crippen molar-refractivity contribution >= 4 is 22.4 Å². The molecule has 2 aliphatic heterocycles. The molecule has 0 radical (unpaired) electrons. The van der Waals surface area contributed by atoms with Crippen LogP contribution < -0.4 is 0 Å². The first-order valence-corrected chi connectivity index (χ1v) is 11.0. The summed E-state index contributed by atoms with van der Waals surface area (Å²) >= 11 is 1.47. The van der Waals surface area contributed by atoms with Crippen LogP contribution in [-0.4, -0.2) is 45.1 Å². The van der Waals surface area contributed by atoms with E-state index in [0.717, 1.165) is 74.0 Å². The van der Waals surface area contributed by atoms with Crippen LogP contribution in [0, 0.1) is 11.7 Å². The minimum Gasteiger partial charge on any atom is -0.381 e. The second-order valence-corrected chi connectivity index (χ2v) is 8.72. The van der Waals surface area contributed by atoms with Crippen molar-refractivity contribution in [2.45, 2.75) is 38.8 Å². The van der Waals surface area contributed by atoms with E-state index in [1.165, 1.54) is 24.4 Å². The van der Waals surface area contributed by atoms with E-state index in [9.17, 15) is 4.39 Å². The van der Waals surface area contributed by atoms with Crippen LogP contribution in [0.5, 0.6) is 0 Å². The van der Waals surface area contributed by atoms with Crippen molar-refractivity contribution in [1.29, 1.82) is 0 Å². The monoisotopic (exact) mass is 400 g/mol. The topological polar surface area (TPSA) is 43.2 Å². The summed E-state index contributed by atoms with van der Waals surface area (Å²) in [4.78, 5) is 7.22. The number of para-hydroxylation sites is 1. The summed E-state index contributed by atoms with van der Waals surface area (Å²) in [5.41, 5.74) is 1.60. The first-order valence-electron chi connectivity index (χ1n) is 10.2. The Kier molecular flexibility index (Phi) is 5.13. The maximum absolute atomic E-state index is 14.7. The Bertz CT molecular complexity index is 957. The summed E-state index contributed by atoms with van der Waals surface area (Å²) < 4.78 is 26.9. The van der Waals surface area contributed by atoms with Crippen LogP contribution in [0.3, 0.4) is 0 Å². The lowest BCUT2D eigenvalue weighted by atomic mass is 10.0. The molecule has 4 heterocycles. The molecule has 0 amide bonds. The van der Waals surface area contributed by atoms with E-state index in [1.807, 2.05) is 12.3 Å². The highest BCUT2D eigenvalue weighted by Crippen LogP contribution is 2.33. The van der Waals surface area contributed by atoms with Gasteiger partial charge in [0.2, 0.25) is 0 Å². The summed E-state index contributed by atoms with van der Waals surface area (Å²) in [5.74, 6) is 1.06. The van der Waals surface area contributed by atoms with E-state index in [0.29, 0.717) is 11.4 Å². The average Bonchev–Trinajstić information content (AvgIpc) is 3.44. The normalized spacial score (nSPS) is 19.0. The van der Waals surface area contributed by atoms with Gasteiger partial charge in [0.25, 0.3) is 0 Å². The van der Waals surface area contributed by atoms with Gasteiger partial charge in [-0.15, -0.1) is 0 Å². The molecule has 0 spiro atoms. The third kappa shape index (κ3) is 3.58. The van der Waals surface area contributed by atoms with Crippen molar-refractivity contribution < 1.29 is 9.13 Å². The van der Waals surface area contributed by atoms with Crippen LogP contribution in [0.4, 0.5) is 4.39 Å². The fraction of sp³-hybridized carbons (Fsp3) is 0.524. The second kappa shape index (κ2) is 7.89. The largest absolute Gasteiger partial charge is 0.381 e. The molecular formula is C21H25FN4OS. The molecule has 0 bridgehead atoms. The van der Waals surface area contributed by atoms with Gasteiger partial charge >= 0.3 is 0 Å². The number of ether oxygens (including phenoxy) is 1. The van der Waals surface area contributed by atoms with E-state index in [-0.39, 0.29) is 5.82 Å². The van der Waals surface area contributed by atoms with E-state index in [4.69, 9.17) is 9.72 Å². The van der Waals surface area contributed by atoms with Crippen molar-refractivity contribution in [2.75, 3.05) is 26.3 Å². The molecule has 5 rings (SSSR count). The molecule has 28 heavy (non-hydrogen) atoms. The predicted molar refractivity (Wildman–Crippen MR) is 109 cm³/mol. The predicted octanol–water partition coefficient (Wildman–Crippen LogP) is 4.32. The fourth-order valence-electron chi connectivity index (χ4n) is 4.40. The number of hydrogen-bond donors (Lipinski definition) is 0. The Labute approximate surface area is 168 Å². The maximum atomic E-state index is 14.7. The summed E-state index contributed by atoms with van der Waals surface area (Å²) in [6, 6.07) is 5.30. The van der Waals surface area contributed by atoms with Gasteiger partial charge in [-0.1, -0.05) is 12.1 Å². The molecule has 0 atom stereocenters. The van der Waals surface area contributed by atoms with Crippen molar-refractivity contribution in [2.24, 2.45) is 5.92 Å². The van der Waals surface area contributed by atoms with E-state index in [1.54, 1.807) is 12.1 Å². The molecule has 2 fully saturated rings. The summed E-state index contributed by atoms with van der Waals surface area (Å²) in [7, 11) is 0. The van der Waals surface area contributed by atoms with E-state index < -0.39 is 0 Å². The number of aromatic nitrogens is 3. The highest BCUT2D eigenvalue weighted by atomic mass is 32.1. The molecule has 0 unspecified atom stereocenters. The van der Waals surface area contributed by atoms with Crippen LogP contribution >= 0.6 is 11.5 Å². The number of nitrogens with zero attached hydrogens (tertiary/aromatic N) is 4. The highest BCUT2D eigenvalue weighted by Gasteiger charge is 2.21. The number of benzene rings is 1. The molecule has 0 saturated carbocycles. The molecule has 0 aliphatic carbocycles. The Balaban J connectivity index is 1.47. The third-order valence-corrected chi connectivity index (χ3v) is 6.61. The molecule has 5 nitrogen and oxygen atoms in total. The summed E-state index contributed by atoms with van der Waals surface area (Å²) in [6.45, 7) is 5.56. The van der Waals surface area contributed by atoms with Gasteiger partial charge in [0, 0.05) is 36.9 Å². The van der Waals surface area contributed by atoms with Crippen LogP contribution in [-0.2, 0) is 17.8 Å². The number of rotatable bonds is 5. The first kappa shape index (κ1) is 18.2. The van der Waals surface area contributed by atoms with Gasteiger partial charge in [0.1, 0.15) is 10.8 Å². The zero-order valence-electron chi connectivity index (χ0n) is 15.9. The zero-order chi connectivity index (χ0) is 18.9. The molecule has 7 heteroatoms. The SMILES string of the molecule is Fc1cccc2c(-c3nsc(CN4CCCC4)n3)cn(CC3CCOCC3)c12. The summed E-state index contributed by atoms with van der Waals surface area (Å²) in [5, 5.41) is 1.94. The molecule has 148 valence electrons. The standard InChI is InChI=1S/C21H25FN4OS/c22-18-5-3-4-16-17(13-26(20(16)18)12-15-6-10-27-11-7-15)21-23-19(28-24-21)14-25-8-1-2-9-25/h3-5,13,15H,1-2,6-12,14H2. The number of halogens is 1. The first-order chi connectivity index (χ1) is 13.8. The average molecular weight is 401 g/mol. The molecular weight excluding hydrogens is 375 g/mol. The van der Waals surface area contributed by atoms with Gasteiger partial charge in [0.05, 0.1) is 12.1 Å². The summed E-state index contributed by atoms with van der Waals surface area (Å²) in [6.07, 6.45) is 6.64. The lowest BCUT2D eigenvalue weighted by Crippen LogP contribution is -2.20. The van der Waals surface area contributed by atoms with Crippen molar-refractivity contribution in [3.63, 3.8) is 0 Å².